The number of rotatable bonds is 11. The van der Waals surface area contributed by atoms with E-state index in [4.69, 9.17) is 24.4 Å². The number of anilines is 1. The number of nitrogens with two attached hydrogens (primary N) is 1. The van der Waals surface area contributed by atoms with Crippen LogP contribution in [0.5, 0.6) is 0 Å². The Morgan fingerprint density at radius 2 is 1.58 bits per heavy atom. The zero-order valence-electron chi connectivity index (χ0n) is 27.3. The number of hydrogen-bond acceptors (Lipinski definition) is 9. The lowest BCUT2D eigenvalue weighted by Gasteiger charge is -2.36. The number of nitrogens with zero attached hydrogens (tertiary/aromatic N) is 2. The van der Waals surface area contributed by atoms with Crippen LogP contribution < -0.4 is 11.4 Å². The van der Waals surface area contributed by atoms with Gasteiger partial charge in [0.25, 0.3) is 0 Å². The second-order valence-electron chi connectivity index (χ2n) is 13.2. The van der Waals surface area contributed by atoms with Gasteiger partial charge in [-0.1, -0.05) is 56.2 Å². The van der Waals surface area contributed by atoms with Crippen LogP contribution in [0.3, 0.4) is 0 Å². The lowest BCUT2D eigenvalue weighted by atomic mass is 10.1. The van der Waals surface area contributed by atoms with Gasteiger partial charge in [-0.25, -0.2) is 14.4 Å². The molecule has 45 heavy (non-hydrogen) atoms. The Morgan fingerprint density at radius 1 is 1.00 bits per heavy atom. The van der Waals surface area contributed by atoms with Crippen LogP contribution in [-0.4, -0.2) is 55.2 Å². The Balaban J connectivity index is 1.49. The second-order valence-corrected chi connectivity index (χ2v) is 18.0. The highest BCUT2D eigenvalue weighted by Crippen LogP contribution is 2.36. The fraction of sp³-hybridized carbons (Fsp3) is 0.471. The normalized spacial score (nSPS) is 18.5. The standard InChI is InChI=1S/C34H45N3O7Si/c1-22-10-14-24(15-11-22)31(38)41-21-28-27(44-32(39)25-16-12-23(2)13-17-25)19-29(43-28)37-20-26(30(35)36-33(37)40)9-8-18-42-45(6,7)34(3,4)5/h10-17,20,27-29H,8-9,18-19,21H2,1-7H3,(H2,35,36,40)/t27-,28+,29-/m0/s1. The SMILES string of the molecule is Cc1ccc(C(=O)OC[C@H]2O[C@H](n3cc(CCCO[Si](C)(C)C(C)(C)C)c(N)nc3=O)C[C@@H]2OC(=O)c2ccc(C)cc2)cc1. The Kier molecular flexibility index (Phi) is 10.7. The van der Waals surface area contributed by atoms with E-state index >= 15 is 0 Å². The summed E-state index contributed by atoms with van der Waals surface area (Å²) in [6, 6.07) is 14.0. The minimum Gasteiger partial charge on any atom is -0.459 e. The summed E-state index contributed by atoms with van der Waals surface area (Å²) in [6.45, 7) is 15.2. The molecule has 11 heteroatoms. The lowest BCUT2D eigenvalue weighted by molar-refractivity contribution is -0.0582. The van der Waals surface area contributed by atoms with Gasteiger partial charge in [0.05, 0.1) is 11.1 Å². The quantitative estimate of drug-likeness (QED) is 0.159. The average Bonchev–Trinajstić information content (AvgIpc) is 3.37. The van der Waals surface area contributed by atoms with Crippen LogP contribution in [0.1, 0.15) is 77.2 Å². The highest BCUT2D eigenvalue weighted by molar-refractivity contribution is 6.74. The number of nitrogen functional groups attached to an aromatic ring is 1. The van der Waals surface area contributed by atoms with Crippen molar-refractivity contribution in [3.8, 4) is 0 Å². The van der Waals surface area contributed by atoms with Crippen LogP contribution in [0.4, 0.5) is 5.82 Å². The molecule has 3 atom stereocenters. The molecule has 2 N–H and O–H groups in total. The summed E-state index contributed by atoms with van der Waals surface area (Å²) in [6.07, 6.45) is 0.655. The molecule has 0 saturated carbocycles. The minimum atomic E-state index is -1.89. The van der Waals surface area contributed by atoms with Gasteiger partial charge in [0.15, 0.2) is 8.32 Å². The molecule has 2 aromatic carbocycles. The van der Waals surface area contributed by atoms with E-state index in [0.717, 1.165) is 11.1 Å². The Hall–Kier alpha value is -3.80. The molecule has 0 bridgehead atoms. The topological polar surface area (TPSA) is 132 Å². The number of carbonyl (C=O) groups is 2. The number of esters is 2. The third-order valence-corrected chi connectivity index (χ3v) is 13.2. The molecule has 10 nitrogen and oxygen atoms in total. The molecule has 0 aliphatic carbocycles. The van der Waals surface area contributed by atoms with Gasteiger partial charge < -0.3 is 24.4 Å². The fourth-order valence-electron chi connectivity index (χ4n) is 4.70. The first-order valence-electron chi connectivity index (χ1n) is 15.3. The predicted molar refractivity (Wildman–Crippen MR) is 175 cm³/mol. The summed E-state index contributed by atoms with van der Waals surface area (Å²) in [7, 11) is -1.89. The van der Waals surface area contributed by atoms with E-state index < -0.39 is 44.4 Å². The summed E-state index contributed by atoms with van der Waals surface area (Å²) in [4.78, 5) is 42.8. The van der Waals surface area contributed by atoms with Crippen LogP contribution in [0, 0.1) is 13.8 Å². The van der Waals surface area contributed by atoms with Gasteiger partial charge in [-0.3, -0.25) is 4.57 Å². The van der Waals surface area contributed by atoms with E-state index in [1.807, 2.05) is 38.1 Å². The first-order chi connectivity index (χ1) is 21.1. The number of benzene rings is 2. The molecule has 0 radical (unpaired) electrons. The molecule has 2 heterocycles. The van der Waals surface area contributed by atoms with E-state index in [-0.39, 0.29) is 23.9 Å². The number of hydrogen-bond donors (Lipinski definition) is 1. The van der Waals surface area contributed by atoms with Crippen LogP contribution in [0.2, 0.25) is 18.1 Å². The van der Waals surface area contributed by atoms with Crippen molar-refractivity contribution in [1.82, 2.24) is 9.55 Å². The van der Waals surface area contributed by atoms with Crippen molar-refractivity contribution in [3.05, 3.63) is 93.0 Å². The Bertz CT molecular complexity index is 1550. The van der Waals surface area contributed by atoms with E-state index in [1.165, 1.54) is 4.57 Å². The maximum Gasteiger partial charge on any atom is 0.351 e. The van der Waals surface area contributed by atoms with E-state index in [1.54, 1.807) is 30.5 Å². The van der Waals surface area contributed by atoms with Gasteiger partial charge >= 0.3 is 17.6 Å². The van der Waals surface area contributed by atoms with Crippen molar-refractivity contribution in [3.63, 3.8) is 0 Å². The van der Waals surface area contributed by atoms with Gasteiger partial charge in [-0.05, 0) is 69.1 Å². The van der Waals surface area contributed by atoms with Crippen molar-refractivity contribution in [1.29, 1.82) is 0 Å². The monoisotopic (exact) mass is 635 g/mol. The lowest BCUT2D eigenvalue weighted by Crippen LogP contribution is -2.41. The van der Waals surface area contributed by atoms with Crippen LogP contribution in [0.15, 0.2) is 59.5 Å². The van der Waals surface area contributed by atoms with Gasteiger partial charge in [-0.2, -0.15) is 4.98 Å². The molecule has 1 fully saturated rings. The fourth-order valence-corrected chi connectivity index (χ4v) is 5.79. The molecule has 1 aliphatic heterocycles. The molecule has 242 valence electrons. The van der Waals surface area contributed by atoms with E-state index in [0.29, 0.717) is 36.1 Å². The van der Waals surface area contributed by atoms with Crippen molar-refractivity contribution < 1.29 is 28.2 Å². The zero-order valence-corrected chi connectivity index (χ0v) is 28.3. The van der Waals surface area contributed by atoms with Crippen molar-refractivity contribution in [2.75, 3.05) is 18.9 Å². The molecule has 0 amide bonds. The number of carbonyl (C=O) groups excluding carboxylic acids is 2. The van der Waals surface area contributed by atoms with Crippen molar-refractivity contribution in [2.45, 2.75) is 90.4 Å². The van der Waals surface area contributed by atoms with Crippen LogP contribution in [0.25, 0.3) is 0 Å². The highest BCUT2D eigenvalue weighted by Gasteiger charge is 2.41. The minimum absolute atomic E-state index is 0.102. The third-order valence-electron chi connectivity index (χ3n) is 8.62. The zero-order chi connectivity index (χ0) is 32.9. The molecule has 0 spiro atoms. The Morgan fingerprint density at radius 3 is 2.16 bits per heavy atom. The molecular weight excluding hydrogens is 590 g/mol. The first-order valence-corrected chi connectivity index (χ1v) is 18.2. The number of aryl methyl sites for hydroxylation is 3. The summed E-state index contributed by atoms with van der Waals surface area (Å²) in [5.41, 5.74) is 9.05. The van der Waals surface area contributed by atoms with Gasteiger partial charge in [0.1, 0.15) is 30.9 Å². The van der Waals surface area contributed by atoms with Gasteiger partial charge in [-0.15, -0.1) is 0 Å². The summed E-state index contributed by atoms with van der Waals surface area (Å²) >= 11 is 0. The number of aromatic nitrogens is 2. The smallest absolute Gasteiger partial charge is 0.351 e. The van der Waals surface area contributed by atoms with Crippen LogP contribution >= 0.6 is 0 Å². The highest BCUT2D eigenvalue weighted by atomic mass is 28.4. The maximum absolute atomic E-state index is 13.0. The number of ether oxygens (including phenoxy) is 3. The molecule has 1 aliphatic rings. The van der Waals surface area contributed by atoms with E-state index in [2.05, 4.69) is 38.8 Å². The molecule has 1 aromatic heterocycles. The Labute approximate surface area is 266 Å². The third kappa shape index (κ3) is 8.68. The summed E-state index contributed by atoms with van der Waals surface area (Å²) in [5, 5.41) is 0.102. The molecular formula is C34H45N3O7Si. The predicted octanol–water partition coefficient (Wildman–Crippen LogP) is 5.77. The maximum atomic E-state index is 13.0. The van der Waals surface area contributed by atoms with E-state index in [9.17, 15) is 14.4 Å². The summed E-state index contributed by atoms with van der Waals surface area (Å²) < 4.78 is 25.3. The van der Waals surface area contributed by atoms with Gasteiger partial charge in [0.2, 0.25) is 0 Å². The van der Waals surface area contributed by atoms with Crippen molar-refractivity contribution in [2.24, 2.45) is 0 Å². The summed E-state index contributed by atoms with van der Waals surface area (Å²) in [5.74, 6) is -0.906. The first kappa shape index (κ1) is 34.1. The average molecular weight is 636 g/mol. The van der Waals surface area contributed by atoms with Crippen molar-refractivity contribution >= 4 is 26.1 Å². The molecule has 3 aromatic rings. The molecule has 1 saturated heterocycles. The molecule has 0 unspecified atom stereocenters. The van der Waals surface area contributed by atoms with Crippen LogP contribution in [-0.2, 0) is 25.1 Å². The second kappa shape index (κ2) is 14.1. The molecule has 4 rings (SSSR count). The largest absolute Gasteiger partial charge is 0.459 e. The van der Waals surface area contributed by atoms with Gasteiger partial charge in [0, 0.05) is 24.8 Å².